The van der Waals surface area contributed by atoms with Crippen LogP contribution in [0.25, 0.3) is 16.8 Å². The van der Waals surface area contributed by atoms with Gasteiger partial charge in [0.2, 0.25) is 0 Å². The third-order valence-corrected chi connectivity index (χ3v) is 3.43. The maximum atomic E-state index is 11.8. The van der Waals surface area contributed by atoms with Gasteiger partial charge in [-0.3, -0.25) is 0 Å². The Kier molecular flexibility index (Phi) is 3.47. The van der Waals surface area contributed by atoms with Gasteiger partial charge < -0.3 is 4.42 Å². The monoisotopic (exact) mass is 338 g/mol. The van der Waals surface area contributed by atoms with Gasteiger partial charge >= 0.3 is 5.63 Å². The minimum atomic E-state index is -0.285. The molecule has 1 heterocycles. The first-order valence-corrected chi connectivity index (χ1v) is 6.24. The zero-order chi connectivity index (χ0) is 12.4. The van der Waals surface area contributed by atoms with Crippen LogP contribution in [0, 0.1) is 10.5 Å². The Labute approximate surface area is 113 Å². The molecule has 0 unspecified atom stereocenters. The summed E-state index contributed by atoms with van der Waals surface area (Å²) in [6.45, 7) is 5.44. The summed E-state index contributed by atoms with van der Waals surface area (Å²) in [4.78, 5) is 11.8. The average Bonchev–Trinajstić information content (AvgIpc) is 2.30. The first-order chi connectivity index (χ1) is 8.15. The van der Waals surface area contributed by atoms with E-state index in [1.807, 2.05) is 24.3 Å². The molecule has 2 nitrogen and oxygen atoms in total. The molecule has 0 bridgehead atoms. The van der Waals surface area contributed by atoms with Crippen LogP contribution < -0.4 is 5.63 Å². The first-order valence-electron chi connectivity index (χ1n) is 5.16. The van der Waals surface area contributed by atoms with Crippen LogP contribution in [0.2, 0.25) is 0 Å². The molecule has 0 atom stereocenters. The zero-order valence-electron chi connectivity index (χ0n) is 9.37. The van der Waals surface area contributed by atoms with Gasteiger partial charge in [0.15, 0.2) is 0 Å². The number of hydrogen-bond donors (Lipinski definition) is 0. The lowest BCUT2D eigenvalue weighted by molar-refractivity contribution is 0.487. The molecule has 0 aliphatic carbocycles. The number of fused-ring (bicyclic) bond motifs is 1. The van der Waals surface area contributed by atoms with Crippen molar-refractivity contribution < 1.29 is 4.42 Å². The van der Waals surface area contributed by atoms with Crippen molar-refractivity contribution in [3.63, 3.8) is 0 Å². The highest BCUT2D eigenvalue weighted by Gasteiger charge is 2.10. The molecule has 3 heteroatoms. The fourth-order valence-electron chi connectivity index (χ4n) is 1.76. The predicted molar refractivity (Wildman–Crippen MR) is 79.2 cm³/mol. The van der Waals surface area contributed by atoms with Crippen molar-refractivity contribution in [3.8, 4) is 0 Å². The summed E-state index contributed by atoms with van der Waals surface area (Å²) in [5, 5.41) is 1.56. The average molecular weight is 338 g/mol. The molecule has 17 heavy (non-hydrogen) atoms. The molecule has 0 N–H and O–H groups in total. The van der Waals surface area contributed by atoms with E-state index < -0.39 is 0 Å². The maximum absolute atomic E-state index is 11.8. The SMILES string of the molecule is C=C/C=C\c1c(C)oc(=O)c2cccc(I)c12. The fourth-order valence-corrected chi connectivity index (χ4v) is 2.55. The lowest BCUT2D eigenvalue weighted by Gasteiger charge is -2.06. The molecule has 0 radical (unpaired) electrons. The molecule has 2 aromatic rings. The second kappa shape index (κ2) is 4.87. The molecule has 0 amide bonds. The lowest BCUT2D eigenvalue weighted by Crippen LogP contribution is -2.03. The number of allylic oxidation sites excluding steroid dienone is 2. The Morgan fingerprint density at radius 3 is 2.88 bits per heavy atom. The van der Waals surface area contributed by atoms with E-state index >= 15 is 0 Å². The highest BCUT2D eigenvalue weighted by Crippen LogP contribution is 2.25. The molecule has 0 saturated heterocycles. The summed E-state index contributed by atoms with van der Waals surface area (Å²) in [6.07, 6.45) is 5.45. The van der Waals surface area contributed by atoms with Gasteiger partial charge in [-0.2, -0.15) is 0 Å². The fraction of sp³-hybridized carbons (Fsp3) is 0.0714. The molecule has 1 aromatic carbocycles. The van der Waals surface area contributed by atoms with E-state index in [0.29, 0.717) is 11.1 Å². The minimum Gasteiger partial charge on any atom is -0.427 e. The van der Waals surface area contributed by atoms with Crippen LogP contribution >= 0.6 is 22.6 Å². The van der Waals surface area contributed by atoms with Crippen LogP contribution in [0.5, 0.6) is 0 Å². The van der Waals surface area contributed by atoms with Crippen LogP contribution in [-0.4, -0.2) is 0 Å². The van der Waals surface area contributed by atoms with Crippen LogP contribution in [0.3, 0.4) is 0 Å². The molecule has 0 spiro atoms. The maximum Gasteiger partial charge on any atom is 0.343 e. The van der Waals surface area contributed by atoms with Crippen molar-refractivity contribution in [2.45, 2.75) is 6.92 Å². The standard InChI is InChI=1S/C14H11IO2/c1-3-4-6-10-9(2)17-14(16)11-7-5-8-12(15)13(10)11/h3-8H,1H2,2H3/b6-4-. The lowest BCUT2D eigenvalue weighted by atomic mass is 10.1. The molecule has 0 saturated carbocycles. The van der Waals surface area contributed by atoms with Crippen molar-refractivity contribution in [2.24, 2.45) is 0 Å². The van der Waals surface area contributed by atoms with E-state index in [-0.39, 0.29) is 5.63 Å². The van der Waals surface area contributed by atoms with Gasteiger partial charge in [0, 0.05) is 14.5 Å². The predicted octanol–water partition coefficient (Wildman–Crippen LogP) is 3.91. The highest BCUT2D eigenvalue weighted by molar-refractivity contribution is 14.1. The van der Waals surface area contributed by atoms with Crippen LogP contribution in [-0.2, 0) is 0 Å². The molecule has 0 aliphatic heterocycles. The second-order valence-electron chi connectivity index (χ2n) is 3.62. The summed E-state index contributed by atoms with van der Waals surface area (Å²) in [7, 11) is 0. The van der Waals surface area contributed by atoms with Gasteiger partial charge in [-0.25, -0.2) is 4.79 Å². The molecular formula is C14H11IO2. The number of rotatable bonds is 2. The summed E-state index contributed by atoms with van der Waals surface area (Å²) in [6, 6.07) is 5.62. The van der Waals surface area contributed by atoms with Gasteiger partial charge in [0.25, 0.3) is 0 Å². The Balaban J connectivity index is 2.95. The first kappa shape index (κ1) is 12.1. The van der Waals surface area contributed by atoms with E-state index in [4.69, 9.17) is 4.42 Å². The Bertz CT molecular complexity index is 666. The largest absolute Gasteiger partial charge is 0.427 e. The van der Waals surface area contributed by atoms with Crippen LogP contribution in [0.15, 0.2) is 46.1 Å². The van der Waals surface area contributed by atoms with Crippen LogP contribution in [0.1, 0.15) is 11.3 Å². The number of hydrogen-bond acceptors (Lipinski definition) is 2. The van der Waals surface area contributed by atoms with E-state index in [9.17, 15) is 4.79 Å². The van der Waals surface area contributed by atoms with Gasteiger partial charge in [0.05, 0.1) is 5.39 Å². The van der Waals surface area contributed by atoms with Crippen molar-refractivity contribution >= 4 is 39.4 Å². The number of halogens is 1. The van der Waals surface area contributed by atoms with E-state index in [1.54, 1.807) is 19.1 Å². The third kappa shape index (κ3) is 2.20. The topological polar surface area (TPSA) is 30.2 Å². The molecule has 0 fully saturated rings. The van der Waals surface area contributed by atoms with Gasteiger partial charge in [0.1, 0.15) is 5.76 Å². The summed E-state index contributed by atoms with van der Waals surface area (Å²) in [5.41, 5.74) is 0.649. The van der Waals surface area contributed by atoms with E-state index in [1.165, 1.54) is 0 Å². The minimum absolute atomic E-state index is 0.285. The normalized spacial score (nSPS) is 11.2. The summed E-state index contributed by atoms with van der Waals surface area (Å²) >= 11 is 2.23. The zero-order valence-corrected chi connectivity index (χ0v) is 11.5. The number of aryl methyl sites for hydroxylation is 1. The van der Waals surface area contributed by atoms with Crippen molar-refractivity contribution in [3.05, 3.63) is 62.2 Å². The molecule has 1 aromatic heterocycles. The van der Waals surface area contributed by atoms with E-state index in [2.05, 4.69) is 29.2 Å². The highest BCUT2D eigenvalue weighted by atomic mass is 127. The molecule has 0 aliphatic rings. The van der Waals surface area contributed by atoms with Crippen molar-refractivity contribution in [2.75, 3.05) is 0 Å². The van der Waals surface area contributed by atoms with Gasteiger partial charge in [-0.05, 0) is 41.6 Å². The Morgan fingerprint density at radius 1 is 1.41 bits per heavy atom. The molecular weight excluding hydrogens is 327 g/mol. The van der Waals surface area contributed by atoms with Gasteiger partial charge in [-0.1, -0.05) is 30.9 Å². The third-order valence-electron chi connectivity index (χ3n) is 2.53. The van der Waals surface area contributed by atoms with Crippen molar-refractivity contribution in [1.82, 2.24) is 0 Å². The molecule has 86 valence electrons. The number of benzene rings is 1. The van der Waals surface area contributed by atoms with E-state index in [0.717, 1.165) is 14.5 Å². The van der Waals surface area contributed by atoms with Crippen LogP contribution in [0.4, 0.5) is 0 Å². The van der Waals surface area contributed by atoms with Crippen molar-refractivity contribution in [1.29, 1.82) is 0 Å². The Morgan fingerprint density at radius 2 is 2.18 bits per heavy atom. The summed E-state index contributed by atoms with van der Waals surface area (Å²) < 4.78 is 6.27. The quantitative estimate of drug-likeness (QED) is 0.614. The summed E-state index contributed by atoms with van der Waals surface area (Å²) in [5.74, 6) is 0.629. The van der Waals surface area contributed by atoms with Gasteiger partial charge in [-0.15, -0.1) is 0 Å². The Hall–Kier alpha value is -1.36. The molecule has 2 rings (SSSR count). The smallest absolute Gasteiger partial charge is 0.343 e. The second-order valence-corrected chi connectivity index (χ2v) is 4.78.